The zero-order chi connectivity index (χ0) is 25.1. The molecule has 0 saturated carbocycles. The summed E-state index contributed by atoms with van der Waals surface area (Å²) in [5.41, 5.74) is 4.86. The Labute approximate surface area is 201 Å². The number of anilines is 1. The Morgan fingerprint density at radius 1 is 1.03 bits per heavy atom. The number of nitro groups is 1. The molecule has 1 heterocycles. The van der Waals surface area contributed by atoms with Gasteiger partial charge in [-0.3, -0.25) is 14.9 Å². The number of allylic oxidation sites excluding steroid dienone is 1. The van der Waals surface area contributed by atoms with Gasteiger partial charge in [-0.05, 0) is 43.2 Å². The molecule has 1 aromatic heterocycles. The van der Waals surface area contributed by atoms with E-state index in [1.165, 1.54) is 24.3 Å². The third-order valence-corrected chi connectivity index (χ3v) is 5.74. The average Bonchev–Trinajstić information content (AvgIpc) is 3.26. The fraction of sp³-hybridized carbons (Fsp3) is 0.148. The van der Waals surface area contributed by atoms with Crippen LogP contribution in [0.5, 0.6) is 11.5 Å². The van der Waals surface area contributed by atoms with Gasteiger partial charge in [0, 0.05) is 52.0 Å². The van der Waals surface area contributed by atoms with Crippen molar-refractivity contribution < 1.29 is 23.6 Å². The number of ether oxygens (including phenoxy) is 2. The Morgan fingerprint density at radius 2 is 1.77 bits per heavy atom. The van der Waals surface area contributed by atoms with Gasteiger partial charge in [-0.1, -0.05) is 18.2 Å². The molecule has 3 aromatic carbocycles. The highest BCUT2D eigenvalue weighted by molar-refractivity contribution is 6.06. The van der Waals surface area contributed by atoms with E-state index in [0.29, 0.717) is 28.2 Å². The molecular formula is C27H24N2O6. The molecule has 4 rings (SSSR count). The first-order valence-electron chi connectivity index (χ1n) is 10.8. The second kappa shape index (κ2) is 9.72. The van der Waals surface area contributed by atoms with Crippen LogP contribution in [-0.2, 0) is 4.79 Å². The molecule has 8 nitrogen and oxygen atoms in total. The molecule has 35 heavy (non-hydrogen) atoms. The molecule has 178 valence electrons. The highest BCUT2D eigenvalue weighted by Gasteiger charge is 2.17. The molecule has 0 spiro atoms. The Bertz CT molecular complexity index is 1470. The van der Waals surface area contributed by atoms with Crippen molar-refractivity contribution in [3.8, 4) is 22.6 Å². The number of para-hydroxylation sites is 1. The molecule has 0 atom stereocenters. The van der Waals surface area contributed by atoms with E-state index in [1.54, 1.807) is 33.5 Å². The molecule has 0 fully saturated rings. The lowest BCUT2D eigenvalue weighted by atomic mass is 9.98. The number of carbonyl (C=O) groups excluding carboxylic acids is 1. The van der Waals surface area contributed by atoms with Crippen molar-refractivity contribution >= 4 is 33.8 Å². The normalized spacial score (nSPS) is 11.4. The van der Waals surface area contributed by atoms with Crippen LogP contribution in [0.25, 0.3) is 27.7 Å². The average molecular weight is 472 g/mol. The Kier molecular flexibility index (Phi) is 6.55. The molecule has 4 aromatic rings. The van der Waals surface area contributed by atoms with Crippen molar-refractivity contribution in [1.82, 2.24) is 0 Å². The van der Waals surface area contributed by atoms with E-state index in [4.69, 9.17) is 13.9 Å². The zero-order valence-electron chi connectivity index (χ0n) is 19.7. The number of non-ortho nitro benzene ring substituents is 1. The summed E-state index contributed by atoms with van der Waals surface area (Å²) in [5.74, 6) is 0.919. The maximum atomic E-state index is 12.8. The summed E-state index contributed by atoms with van der Waals surface area (Å²) in [5, 5.41) is 14.6. The molecule has 0 bridgehead atoms. The molecule has 8 heteroatoms. The maximum absolute atomic E-state index is 12.8. The van der Waals surface area contributed by atoms with E-state index < -0.39 is 4.92 Å². The first kappa shape index (κ1) is 23.6. The standard InChI is InChI=1S/C27H24N2O6/c1-16(12-27(30)28-23-10-9-18(29(31)32)11-17(23)2)20-13-21-22(15-35-26(21)14-25(20)34-4)19-7-5-6-8-24(19)33-3/h5-15H,1-4H3,(H,28,30)/b16-12+. The molecule has 0 aliphatic rings. The van der Waals surface area contributed by atoms with Gasteiger partial charge in [0.2, 0.25) is 5.91 Å². The van der Waals surface area contributed by atoms with Gasteiger partial charge in [0.15, 0.2) is 0 Å². The largest absolute Gasteiger partial charge is 0.496 e. The van der Waals surface area contributed by atoms with E-state index in [0.717, 1.165) is 27.8 Å². The molecule has 0 radical (unpaired) electrons. The van der Waals surface area contributed by atoms with Gasteiger partial charge in [-0.15, -0.1) is 0 Å². The summed E-state index contributed by atoms with van der Waals surface area (Å²) in [6.07, 6.45) is 3.14. The Hall–Kier alpha value is -4.59. The van der Waals surface area contributed by atoms with E-state index >= 15 is 0 Å². The van der Waals surface area contributed by atoms with Crippen molar-refractivity contribution in [2.24, 2.45) is 0 Å². The number of furan rings is 1. The minimum Gasteiger partial charge on any atom is -0.496 e. The van der Waals surface area contributed by atoms with Crippen LogP contribution in [0.15, 0.2) is 71.4 Å². The number of fused-ring (bicyclic) bond motifs is 1. The van der Waals surface area contributed by atoms with Crippen LogP contribution < -0.4 is 14.8 Å². The number of nitro benzene ring substituents is 1. The van der Waals surface area contributed by atoms with Gasteiger partial charge in [0.1, 0.15) is 17.1 Å². The summed E-state index contributed by atoms with van der Waals surface area (Å²) in [6.45, 7) is 3.52. The minimum atomic E-state index is -0.472. The van der Waals surface area contributed by atoms with E-state index in [2.05, 4.69) is 5.32 Å². The molecule has 0 saturated heterocycles. The molecule has 0 aliphatic heterocycles. The predicted molar refractivity (Wildman–Crippen MR) is 135 cm³/mol. The number of hydrogen-bond acceptors (Lipinski definition) is 6. The number of aryl methyl sites for hydroxylation is 1. The van der Waals surface area contributed by atoms with Crippen LogP contribution in [0.3, 0.4) is 0 Å². The number of benzene rings is 3. The predicted octanol–water partition coefficient (Wildman–Crippen LogP) is 6.38. The quantitative estimate of drug-likeness (QED) is 0.190. The zero-order valence-corrected chi connectivity index (χ0v) is 19.7. The van der Waals surface area contributed by atoms with Crippen LogP contribution in [-0.4, -0.2) is 25.1 Å². The van der Waals surface area contributed by atoms with Crippen molar-refractivity contribution in [2.45, 2.75) is 13.8 Å². The van der Waals surface area contributed by atoms with Crippen LogP contribution in [0.4, 0.5) is 11.4 Å². The number of amides is 1. The van der Waals surface area contributed by atoms with Gasteiger partial charge < -0.3 is 19.2 Å². The number of nitrogens with one attached hydrogen (secondary N) is 1. The third-order valence-electron chi connectivity index (χ3n) is 5.74. The summed E-state index contributed by atoms with van der Waals surface area (Å²) in [7, 11) is 3.18. The van der Waals surface area contributed by atoms with Crippen LogP contribution >= 0.6 is 0 Å². The van der Waals surface area contributed by atoms with Crippen molar-refractivity contribution in [3.05, 3.63) is 88.2 Å². The molecule has 0 aliphatic carbocycles. The van der Waals surface area contributed by atoms with Crippen LogP contribution in [0.1, 0.15) is 18.1 Å². The van der Waals surface area contributed by atoms with Crippen LogP contribution in [0.2, 0.25) is 0 Å². The molecular weight excluding hydrogens is 448 g/mol. The highest BCUT2D eigenvalue weighted by Crippen LogP contribution is 2.40. The first-order chi connectivity index (χ1) is 16.8. The van der Waals surface area contributed by atoms with E-state index in [-0.39, 0.29) is 11.6 Å². The molecule has 1 N–H and O–H groups in total. The fourth-order valence-corrected chi connectivity index (χ4v) is 3.95. The van der Waals surface area contributed by atoms with E-state index in [9.17, 15) is 14.9 Å². The number of carbonyl (C=O) groups is 1. The van der Waals surface area contributed by atoms with Crippen molar-refractivity contribution in [2.75, 3.05) is 19.5 Å². The van der Waals surface area contributed by atoms with Crippen molar-refractivity contribution in [1.29, 1.82) is 0 Å². The van der Waals surface area contributed by atoms with Crippen LogP contribution in [0, 0.1) is 17.0 Å². The van der Waals surface area contributed by atoms with Gasteiger partial charge in [0.25, 0.3) is 5.69 Å². The monoisotopic (exact) mass is 472 g/mol. The molecule has 1 amide bonds. The molecule has 0 unspecified atom stereocenters. The number of nitrogens with zero attached hydrogens (tertiary/aromatic N) is 1. The first-order valence-corrected chi connectivity index (χ1v) is 10.8. The van der Waals surface area contributed by atoms with Gasteiger partial charge in [-0.25, -0.2) is 0 Å². The maximum Gasteiger partial charge on any atom is 0.269 e. The topological polar surface area (TPSA) is 104 Å². The van der Waals surface area contributed by atoms with Gasteiger partial charge in [0.05, 0.1) is 25.4 Å². The third kappa shape index (κ3) is 4.72. The lowest BCUT2D eigenvalue weighted by Crippen LogP contribution is -2.10. The smallest absolute Gasteiger partial charge is 0.269 e. The number of methoxy groups -OCH3 is 2. The number of hydrogen-bond donors (Lipinski definition) is 1. The summed E-state index contributed by atoms with van der Waals surface area (Å²) in [6, 6.07) is 15.7. The summed E-state index contributed by atoms with van der Waals surface area (Å²) in [4.78, 5) is 23.2. The van der Waals surface area contributed by atoms with Crippen molar-refractivity contribution in [3.63, 3.8) is 0 Å². The highest BCUT2D eigenvalue weighted by atomic mass is 16.6. The second-order valence-corrected chi connectivity index (χ2v) is 7.97. The minimum absolute atomic E-state index is 0.0313. The summed E-state index contributed by atoms with van der Waals surface area (Å²) < 4.78 is 16.9. The Morgan fingerprint density at radius 3 is 2.46 bits per heavy atom. The fourth-order valence-electron chi connectivity index (χ4n) is 3.95. The summed E-state index contributed by atoms with van der Waals surface area (Å²) >= 11 is 0. The number of rotatable bonds is 7. The van der Waals surface area contributed by atoms with E-state index in [1.807, 2.05) is 37.3 Å². The second-order valence-electron chi connectivity index (χ2n) is 7.97. The Balaban J connectivity index is 1.70. The van der Waals surface area contributed by atoms with Gasteiger partial charge in [-0.2, -0.15) is 0 Å². The van der Waals surface area contributed by atoms with Gasteiger partial charge >= 0.3 is 0 Å². The lowest BCUT2D eigenvalue weighted by Gasteiger charge is -2.11. The SMILES string of the molecule is COc1cc2occ(-c3ccccc3OC)c2cc1/C(C)=C/C(=O)Nc1ccc([N+](=O)[O-])cc1C. The lowest BCUT2D eigenvalue weighted by molar-refractivity contribution is -0.384.